The molecule has 1 rings (SSSR count). The molecule has 0 heterocycles. The van der Waals surface area contributed by atoms with E-state index in [4.69, 9.17) is 9.47 Å². The topological polar surface area (TPSA) is 35.5 Å². The molecule has 1 aromatic rings. The van der Waals surface area contributed by atoms with Gasteiger partial charge in [-0.2, -0.15) is 0 Å². The molecule has 1 atom stereocenters. The number of hydrogen-bond acceptors (Lipinski definition) is 3. The highest BCUT2D eigenvalue weighted by atomic mass is 16.6. The molecule has 106 valence electrons. The van der Waals surface area contributed by atoms with Gasteiger partial charge in [0.25, 0.3) is 0 Å². The molecule has 0 fully saturated rings. The molecule has 0 spiro atoms. The van der Waals surface area contributed by atoms with E-state index in [0.717, 1.165) is 24.8 Å². The van der Waals surface area contributed by atoms with Crippen LogP contribution in [0.3, 0.4) is 0 Å². The zero-order valence-corrected chi connectivity index (χ0v) is 12.1. The standard InChI is InChI=1S/C16H24O3/c1-4-5-9-12-16(2,15(17)18-3)19-13-14-10-7-6-8-11-14/h6-8,10-11H,4-5,9,12-13H2,1-3H3/t16-/m1/s1. The molecule has 0 aliphatic heterocycles. The van der Waals surface area contributed by atoms with Crippen molar-refractivity contribution >= 4 is 5.97 Å². The average molecular weight is 264 g/mol. The van der Waals surface area contributed by atoms with Crippen LogP contribution < -0.4 is 0 Å². The lowest BCUT2D eigenvalue weighted by Crippen LogP contribution is -2.39. The summed E-state index contributed by atoms with van der Waals surface area (Å²) >= 11 is 0. The Bertz CT molecular complexity index is 375. The minimum absolute atomic E-state index is 0.292. The molecule has 0 aromatic heterocycles. The number of carbonyl (C=O) groups excluding carboxylic acids is 1. The number of unbranched alkanes of at least 4 members (excludes halogenated alkanes) is 2. The Balaban J connectivity index is 2.61. The van der Waals surface area contributed by atoms with Crippen molar-refractivity contribution in [1.29, 1.82) is 0 Å². The molecule has 19 heavy (non-hydrogen) atoms. The molecule has 0 amide bonds. The van der Waals surface area contributed by atoms with E-state index in [0.29, 0.717) is 13.0 Å². The minimum Gasteiger partial charge on any atom is -0.467 e. The van der Waals surface area contributed by atoms with Gasteiger partial charge in [0.1, 0.15) is 0 Å². The molecular formula is C16H24O3. The fourth-order valence-corrected chi connectivity index (χ4v) is 1.98. The number of benzene rings is 1. The lowest BCUT2D eigenvalue weighted by molar-refractivity contribution is -0.170. The Morgan fingerprint density at radius 2 is 1.89 bits per heavy atom. The third-order valence-corrected chi connectivity index (χ3v) is 3.27. The predicted octanol–water partition coefficient (Wildman–Crippen LogP) is 3.72. The van der Waals surface area contributed by atoms with Gasteiger partial charge < -0.3 is 9.47 Å². The van der Waals surface area contributed by atoms with Crippen LogP contribution >= 0.6 is 0 Å². The molecule has 0 unspecified atom stereocenters. The molecule has 0 saturated carbocycles. The van der Waals surface area contributed by atoms with Gasteiger partial charge in [0, 0.05) is 0 Å². The van der Waals surface area contributed by atoms with Gasteiger partial charge in [-0.1, -0.05) is 50.1 Å². The van der Waals surface area contributed by atoms with E-state index in [9.17, 15) is 4.79 Å². The molecule has 0 aliphatic rings. The van der Waals surface area contributed by atoms with Crippen LogP contribution in [0.4, 0.5) is 0 Å². The molecule has 0 radical (unpaired) electrons. The summed E-state index contributed by atoms with van der Waals surface area (Å²) in [5.41, 5.74) is 0.216. The highest BCUT2D eigenvalue weighted by Gasteiger charge is 2.34. The third-order valence-electron chi connectivity index (χ3n) is 3.27. The van der Waals surface area contributed by atoms with Gasteiger partial charge in [-0.3, -0.25) is 0 Å². The van der Waals surface area contributed by atoms with Gasteiger partial charge in [0.05, 0.1) is 13.7 Å². The zero-order chi connectivity index (χ0) is 14.1. The SMILES string of the molecule is CCCCC[C@@](C)(OCc1ccccc1)C(=O)OC. The second-order valence-corrected chi connectivity index (χ2v) is 4.95. The molecule has 0 aliphatic carbocycles. The molecule has 0 saturated heterocycles. The quantitative estimate of drug-likeness (QED) is 0.530. The summed E-state index contributed by atoms with van der Waals surface area (Å²) in [7, 11) is 1.41. The first-order valence-corrected chi connectivity index (χ1v) is 6.88. The maximum Gasteiger partial charge on any atom is 0.337 e. The van der Waals surface area contributed by atoms with Crippen LogP contribution in [0.5, 0.6) is 0 Å². The van der Waals surface area contributed by atoms with E-state index in [1.54, 1.807) is 0 Å². The van der Waals surface area contributed by atoms with E-state index < -0.39 is 5.60 Å². The minimum atomic E-state index is -0.847. The van der Waals surface area contributed by atoms with Crippen molar-refractivity contribution in [3.05, 3.63) is 35.9 Å². The summed E-state index contributed by atoms with van der Waals surface area (Å²) in [5.74, 6) is -0.292. The highest BCUT2D eigenvalue weighted by Crippen LogP contribution is 2.23. The maximum atomic E-state index is 11.9. The van der Waals surface area contributed by atoms with Gasteiger partial charge in [0.2, 0.25) is 0 Å². The largest absolute Gasteiger partial charge is 0.467 e. The second-order valence-electron chi connectivity index (χ2n) is 4.95. The van der Waals surface area contributed by atoms with Gasteiger partial charge in [-0.15, -0.1) is 0 Å². The first kappa shape index (κ1) is 15.7. The lowest BCUT2D eigenvalue weighted by Gasteiger charge is -2.27. The van der Waals surface area contributed by atoms with Gasteiger partial charge in [0.15, 0.2) is 5.60 Å². The van der Waals surface area contributed by atoms with Crippen molar-refractivity contribution in [3.8, 4) is 0 Å². The maximum absolute atomic E-state index is 11.9. The summed E-state index contributed by atoms with van der Waals surface area (Å²) < 4.78 is 10.7. The number of methoxy groups -OCH3 is 1. The summed E-state index contributed by atoms with van der Waals surface area (Å²) in [6.45, 7) is 4.39. The van der Waals surface area contributed by atoms with Gasteiger partial charge in [-0.25, -0.2) is 4.79 Å². The number of carbonyl (C=O) groups is 1. The fraction of sp³-hybridized carbons (Fsp3) is 0.562. The van der Waals surface area contributed by atoms with E-state index in [2.05, 4.69) is 6.92 Å². The Labute approximate surface area is 115 Å². The van der Waals surface area contributed by atoms with Crippen LogP contribution in [0.15, 0.2) is 30.3 Å². The van der Waals surface area contributed by atoms with Crippen molar-refractivity contribution in [1.82, 2.24) is 0 Å². The Morgan fingerprint density at radius 3 is 2.47 bits per heavy atom. The van der Waals surface area contributed by atoms with E-state index in [1.807, 2.05) is 37.3 Å². The van der Waals surface area contributed by atoms with Crippen molar-refractivity contribution < 1.29 is 14.3 Å². The second kappa shape index (κ2) is 7.95. The fourth-order valence-electron chi connectivity index (χ4n) is 1.98. The summed E-state index contributed by atoms with van der Waals surface area (Å²) in [6.07, 6.45) is 3.88. The van der Waals surface area contributed by atoms with Crippen LogP contribution in [-0.4, -0.2) is 18.7 Å². The summed E-state index contributed by atoms with van der Waals surface area (Å²) in [6, 6.07) is 9.87. The molecule has 3 heteroatoms. The molecule has 3 nitrogen and oxygen atoms in total. The van der Waals surface area contributed by atoms with Crippen LogP contribution in [0.2, 0.25) is 0 Å². The Hall–Kier alpha value is -1.35. The van der Waals surface area contributed by atoms with E-state index in [-0.39, 0.29) is 5.97 Å². The monoisotopic (exact) mass is 264 g/mol. The number of esters is 1. The predicted molar refractivity (Wildman–Crippen MR) is 75.8 cm³/mol. The van der Waals surface area contributed by atoms with Crippen LogP contribution in [0, 0.1) is 0 Å². The first-order chi connectivity index (χ1) is 9.12. The Morgan fingerprint density at radius 1 is 1.21 bits per heavy atom. The van der Waals surface area contributed by atoms with E-state index >= 15 is 0 Å². The number of hydrogen-bond donors (Lipinski definition) is 0. The average Bonchev–Trinajstić information content (AvgIpc) is 2.45. The molecule has 0 N–H and O–H groups in total. The van der Waals surface area contributed by atoms with Gasteiger partial charge >= 0.3 is 5.97 Å². The molecule has 0 bridgehead atoms. The summed E-state index contributed by atoms with van der Waals surface area (Å²) in [4.78, 5) is 11.9. The van der Waals surface area contributed by atoms with Crippen LogP contribution in [0.25, 0.3) is 0 Å². The highest BCUT2D eigenvalue weighted by molar-refractivity contribution is 5.78. The van der Waals surface area contributed by atoms with Crippen LogP contribution in [0.1, 0.15) is 45.1 Å². The normalized spacial score (nSPS) is 13.8. The molecule has 1 aromatic carbocycles. The number of ether oxygens (including phenoxy) is 2. The van der Waals surface area contributed by atoms with Crippen LogP contribution in [-0.2, 0) is 20.9 Å². The first-order valence-electron chi connectivity index (χ1n) is 6.88. The van der Waals surface area contributed by atoms with Gasteiger partial charge in [-0.05, 0) is 25.3 Å². The molecular weight excluding hydrogens is 240 g/mol. The summed E-state index contributed by atoms with van der Waals surface area (Å²) in [5, 5.41) is 0. The number of rotatable bonds is 8. The van der Waals surface area contributed by atoms with Crippen molar-refractivity contribution in [3.63, 3.8) is 0 Å². The van der Waals surface area contributed by atoms with Crippen molar-refractivity contribution in [2.24, 2.45) is 0 Å². The zero-order valence-electron chi connectivity index (χ0n) is 12.1. The third kappa shape index (κ3) is 5.03. The van der Waals surface area contributed by atoms with Crippen molar-refractivity contribution in [2.45, 2.75) is 51.7 Å². The van der Waals surface area contributed by atoms with Crippen molar-refractivity contribution in [2.75, 3.05) is 7.11 Å². The lowest BCUT2D eigenvalue weighted by atomic mass is 9.98. The smallest absolute Gasteiger partial charge is 0.337 e. The Kier molecular flexibility index (Phi) is 6.57. The van der Waals surface area contributed by atoms with E-state index in [1.165, 1.54) is 7.11 Å².